The van der Waals surface area contributed by atoms with Gasteiger partial charge in [-0.15, -0.1) is 0 Å². The quantitative estimate of drug-likeness (QED) is 0.537. The Kier molecular flexibility index (Phi) is 3.76. The Labute approximate surface area is 144 Å². The van der Waals surface area contributed by atoms with Gasteiger partial charge in [-0.25, -0.2) is 0 Å². The van der Waals surface area contributed by atoms with Crippen LogP contribution < -0.4 is 9.64 Å². The van der Waals surface area contributed by atoms with Gasteiger partial charge in [0.05, 0.1) is 19.3 Å². The highest BCUT2D eigenvalue weighted by Gasteiger charge is 2.34. The number of aromatic nitrogens is 2. The molecule has 0 amide bonds. The molecule has 1 fully saturated rings. The van der Waals surface area contributed by atoms with Gasteiger partial charge >= 0.3 is 5.82 Å². The lowest BCUT2D eigenvalue weighted by Crippen LogP contribution is -2.23. The van der Waals surface area contributed by atoms with E-state index in [2.05, 4.69) is 4.98 Å². The highest BCUT2D eigenvalue weighted by Crippen LogP contribution is 2.40. The van der Waals surface area contributed by atoms with E-state index in [1.165, 1.54) is 0 Å². The molecule has 0 spiro atoms. The molecule has 0 bridgehead atoms. The smallest absolute Gasteiger partial charge is 0.372 e. The van der Waals surface area contributed by atoms with Gasteiger partial charge in [0.25, 0.3) is 0 Å². The van der Waals surface area contributed by atoms with Crippen LogP contribution in [0.1, 0.15) is 24.4 Å². The minimum Gasteiger partial charge on any atom is -0.497 e. The van der Waals surface area contributed by atoms with E-state index in [4.69, 9.17) is 4.74 Å². The Morgan fingerprint density at radius 1 is 1.24 bits per heavy atom. The van der Waals surface area contributed by atoms with Crippen molar-refractivity contribution < 1.29 is 9.66 Å². The van der Waals surface area contributed by atoms with Crippen LogP contribution in [0.3, 0.4) is 0 Å². The zero-order valence-corrected chi connectivity index (χ0v) is 13.8. The summed E-state index contributed by atoms with van der Waals surface area (Å²) in [5.74, 6) is 1.26. The predicted octanol–water partition coefficient (Wildman–Crippen LogP) is 3.59. The van der Waals surface area contributed by atoms with Crippen molar-refractivity contribution in [3.63, 3.8) is 0 Å². The monoisotopic (exact) mass is 338 g/mol. The first-order chi connectivity index (χ1) is 12.2. The van der Waals surface area contributed by atoms with Crippen LogP contribution in [0.5, 0.6) is 5.75 Å². The molecular formula is C18H18N4O3. The first-order valence-electron chi connectivity index (χ1n) is 8.21. The van der Waals surface area contributed by atoms with Crippen LogP contribution in [0.15, 0.2) is 48.7 Å². The van der Waals surface area contributed by atoms with Crippen molar-refractivity contribution in [1.29, 1.82) is 0 Å². The molecule has 2 aromatic heterocycles. The molecule has 3 heterocycles. The first-order valence-corrected chi connectivity index (χ1v) is 8.21. The maximum Gasteiger partial charge on any atom is 0.372 e. The van der Waals surface area contributed by atoms with Gasteiger partial charge in [0.1, 0.15) is 5.75 Å². The van der Waals surface area contributed by atoms with Crippen molar-refractivity contribution in [3.05, 3.63) is 64.3 Å². The topological polar surface area (TPSA) is 72.9 Å². The van der Waals surface area contributed by atoms with Crippen LogP contribution in [0.2, 0.25) is 0 Å². The maximum absolute atomic E-state index is 11.7. The molecule has 4 rings (SSSR count). The molecule has 1 aliphatic heterocycles. The third-order valence-corrected chi connectivity index (χ3v) is 4.69. The van der Waals surface area contributed by atoms with Crippen molar-refractivity contribution in [2.24, 2.45) is 0 Å². The minimum absolute atomic E-state index is 0.0241. The highest BCUT2D eigenvalue weighted by atomic mass is 16.6. The molecule has 1 aromatic carbocycles. The Morgan fingerprint density at radius 2 is 2.04 bits per heavy atom. The van der Waals surface area contributed by atoms with E-state index < -0.39 is 0 Å². The largest absolute Gasteiger partial charge is 0.497 e. The first kappa shape index (κ1) is 15.4. The molecule has 1 atom stereocenters. The summed E-state index contributed by atoms with van der Waals surface area (Å²) in [6.45, 7) is 0.751. The lowest BCUT2D eigenvalue weighted by molar-refractivity contribution is -0.389. The molecule has 0 N–H and O–H groups in total. The summed E-state index contributed by atoms with van der Waals surface area (Å²) in [4.78, 5) is 17.9. The second-order valence-electron chi connectivity index (χ2n) is 6.07. The lowest BCUT2D eigenvalue weighted by atomic mass is 10.0. The third kappa shape index (κ3) is 2.57. The van der Waals surface area contributed by atoms with Gasteiger partial charge in [-0.2, -0.15) is 9.38 Å². The average Bonchev–Trinajstić information content (AvgIpc) is 3.25. The highest BCUT2D eigenvalue weighted by molar-refractivity contribution is 5.65. The van der Waals surface area contributed by atoms with E-state index in [9.17, 15) is 10.1 Å². The van der Waals surface area contributed by atoms with Crippen LogP contribution in [0.4, 0.5) is 11.6 Å². The number of hydrogen-bond acceptors (Lipinski definition) is 5. The summed E-state index contributed by atoms with van der Waals surface area (Å²) in [5.41, 5.74) is 1.70. The van der Waals surface area contributed by atoms with Crippen LogP contribution in [-0.2, 0) is 0 Å². The number of nitro groups is 1. The van der Waals surface area contributed by atoms with Crippen LogP contribution in [-0.4, -0.2) is 28.0 Å². The zero-order chi connectivity index (χ0) is 17.4. The van der Waals surface area contributed by atoms with E-state index in [-0.39, 0.29) is 16.8 Å². The summed E-state index contributed by atoms with van der Waals surface area (Å²) in [5, 5.41) is 11.7. The summed E-state index contributed by atoms with van der Waals surface area (Å²) in [6, 6.07) is 13.3. The summed E-state index contributed by atoms with van der Waals surface area (Å²) in [7, 11) is 1.64. The van der Waals surface area contributed by atoms with Gasteiger partial charge in [-0.05, 0) is 41.5 Å². The molecule has 7 nitrogen and oxygen atoms in total. The molecule has 128 valence electrons. The van der Waals surface area contributed by atoms with Crippen LogP contribution >= 0.6 is 0 Å². The Hall–Kier alpha value is -3.09. The number of fused-ring (bicyclic) bond motifs is 1. The van der Waals surface area contributed by atoms with Crippen molar-refractivity contribution in [3.8, 4) is 5.75 Å². The van der Waals surface area contributed by atoms with Gasteiger partial charge in [0, 0.05) is 12.6 Å². The Bertz CT molecular complexity index is 920. The van der Waals surface area contributed by atoms with Crippen LogP contribution in [0, 0.1) is 10.1 Å². The van der Waals surface area contributed by atoms with Gasteiger partial charge in [0.2, 0.25) is 11.5 Å². The van der Waals surface area contributed by atoms with Gasteiger partial charge in [-0.1, -0.05) is 18.2 Å². The average molecular weight is 338 g/mol. The van der Waals surface area contributed by atoms with E-state index >= 15 is 0 Å². The molecule has 0 aliphatic carbocycles. The maximum atomic E-state index is 11.7. The number of ether oxygens (including phenoxy) is 1. The summed E-state index contributed by atoms with van der Waals surface area (Å²) in [6.07, 6.45) is 3.60. The number of pyridine rings is 1. The normalized spacial score (nSPS) is 17.2. The van der Waals surface area contributed by atoms with E-state index in [0.717, 1.165) is 30.7 Å². The van der Waals surface area contributed by atoms with Gasteiger partial charge in [-0.3, -0.25) is 0 Å². The minimum atomic E-state index is -0.348. The van der Waals surface area contributed by atoms with E-state index in [0.29, 0.717) is 11.5 Å². The lowest BCUT2D eigenvalue weighted by Gasteiger charge is -2.24. The Morgan fingerprint density at radius 3 is 2.76 bits per heavy atom. The van der Waals surface area contributed by atoms with Crippen molar-refractivity contribution in [2.45, 2.75) is 18.9 Å². The number of nitrogens with zero attached hydrogens (tertiary/aromatic N) is 4. The molecular weight excluding hydrogens is 320 g/mol. The molecule has 1 aliphatic rings. The molecule has 0 saturated carbocycles. The molecule has 25 heavy (non-hydrogen) atoms. The Balaban J connectivity index is 1.78. The number of anilines is 1. The molecule has 3 aromatic rings. The van der Waals surface area contributed by atoms with Gasteiger partial charge < -0.3 is 19.8 Å². The standard InChI is InChI=1S/C18H18N4O3/c1-25-14-9-7-13(8-10-14)15-5-4-12-20(15)17-18(22(23)24)21-11-3-2-6-16(21)19-17/h2-3,6-11,15H,4-5,12H2,1H3. The van der Waals surface area contributed by atoms with Crippen molar-refractivity contribution in [2.75, 3.05) is 18.6 Å². The number of rotatable bonds is 4. The fourth-order valence-corrected chi connectivity index (χ4v) is 3.53. The summed E-state index contributed by atoms with van der Waals surface area (Å²) >= 11 is 0. The number of benzene rings is 1. The molecule has 7 heteroatoms. The van der Waals surface area contributed by atoms with E-state index in [1.807, 2.05) is 35.2 Å². The zero-order valence-electron chi connectivity index (χ0n) is 13.8. The third-order valence-electron chi connectivity index (χ3n) is 4.69. The molecule has 0 radical (unpaired) electrons. The second-order valence-corrected chi connectivity index (χ2v) is 6.07. The second kappa shape index (κ2) is 6.08. The van der Waals surface area contributed by atoms with Crippen LogP contribution in [0.25, 0.3) is 5.65 Å². The van der Waals surface area contributed by atoms with Gasteiger partial charge in [0.15, 0.2) is 0 Å². The fourth-order valence-electron chi connectivity index (χ4n) is 3.53. The molecule has 1 unspecified atom stereocenters. The number of imidazole rings is 1. The van der Waals surface area contributed by atoms with Crippen molar-refractivity contribution in [1.82, 2.24) is 9.38 Å². The summed E-state index contributed by atoms with van der Waals surface area (Å²) < 4.78 is 6.76. The SMILES string of the molecule is COc1ccc(C2CCCN2c2nc3ccccn3c2[N+](=O)[O-])cc1. The fraction of sp³-hybridized carbons (Fsp3) is 0.278. The van der Waals surface area contributed by atoms with E-state index in [1.54, 1.807) is 29.8 Å². The van der Waals surface area contributed by atoms with Crippen molar-refractivity contribution >= 4 is 17.3 Å². The predicted molar refractivity (Wildman–Crippen MR) is 94.2 cm³/mol. The number of methoxy groups -OCH3 is 1. The number of hydrogen-bond donors (Lipinski definition) is 0. The molecule has 1 saturated heterocycles.